The van der Waals surface area contributed by atoms with Crippen molar-refractivity contribution in [2.75, 3.05) is 25.1 Å². The Bertz CT molecular complexity index is 676. The fraction of sp³-hybridized carbons (Fsp3) is 0.412. The van der Waals surface area contributed by atoms with E-state index in [1.54, 1.807) is 41.7 Å². The number of nitrogens with zero attached hydrogens (tertiary/aromatic N) is 3. The Hall–Kier alpha value is -2.48. The van der Waals surface area contributed by atoms with E-state index in [9.17, 15) is 9.59 Å². The van der Waals surface area contributed by atoms with Gasteiger partial charge in [-0.15, -0.1) is 11.3 Å². The van der Waals surface area contributed by atoms with Crippen LogP contribution in [-0.2, 0) is 14.3 Å². The first-order valence-electron chi connectivity index (χ1n) is 7.94. The highest BCUT2D eigenvalue weighted by molar-refractivity contribution is 7.10. The van der Waals surface area contributed by atoms with Gasteiger partial charge in [0.1, 0.15) is 6.54 Å². The molecule has 2 rings (SSSR count). The van der Waals surface area contributed by atoms with Gasteiger partial charge >= 0.3 is 5.97 Å². The van der Waals surface area contributed by atoms with Gasteiger partial charge in [0, 0.05) is 24.3 Å². The summed E-state index contributed by atoms with van der Waals surface area (Å²) < 4.78 is 5.05. The lowest BCUT2D eigenvalue weighted by Crippen LogP contribution is -2.36. The number of ether oxygens (including phenoxy) is 1. The summed E-state index contributed by atoms with van der Waals surface area (Å²) in [7, 11) is 1.68. The van der Waals surface area contributed by atoms with Crippen LogP contribution < -0.4 is 10.2 Å². The Morgan fingerprint density at radius 1 is 1.28 bits per heavy atom. The first-order valence-corrected chi connectivity index (χ1v) is 8.82. The van der Waals surface area contributed by atoms with E-state index < -0.39 is 5.97 Å². The zero-order chi connectivity index (χ0) is 18.2. The zero-order valence-corrected chi connectivity index (χ0v) is 15.3. The van der Waals surface area contributed by atoms with Crippen LogP contribution in [0.1, 0.15) is 24.8 Å². The van der Waals surface area contributed by atoms with Crippen LogP contribution in [0.2, 0.25) is 0 Å². The molecule has 8 heteroatoms. The van der Waals surface area contributed by atoms with Gasteiger partial charge in [-0.2, -0.15) is 0 Å². The van der Waals surface area contributed by atoms with Crippen LogP contribution in [-0.4, -0.2) is 42.0 Å². The third-order valence-corrected chi connectivity index (χ3v) is 4.41. The second-order valence-corrected chi connectivity index (χ2v) is 6.85. The minimum atomic E-state index is -0.512. The molecule has 0 spiro atoms. The molecule has 25 heavy (non-hydrogen) atoms. The molecule has 0 aliphatic carbocycles. The second-order valence-electron chi connectivity index (χ2n) is 5.87. The fourth-order valence-electron chi connectivity index (χ4n) is 2.19. The molecule has 0 saturated carbocycles. The summed E-state index contributed by atoms with van der Waals surface area (Å²) >= 11 is 1.59. The lowest BCUT2D eigenvalue weighted by atomic mass is 10.0. The van der Waals surface area contributed by atoms with Crippen LogP contribution >= 0.6 is 11.3 Å². The summed E-state index contributed by atoms with van der Waals surface area (Å²) in [5.41, 5.74) is 0. The number of hydrogen-bond acceptors (Lipinski definition) is 7. The predicted octanol–water partition coefficient (Wildman–Crippen LogP) is 2.03. The topological polar surface area (TPSA) is 84.4 Å². The summed E-state index contributed by atoms with van der Waals surface area (Å²) in [4.78, 5) is 34.7. The number of nitrogens with one attached hydrogen (secondary N) is 1. The number of amides is 1. The molecule has 0 saturated heterocycles. The first kappa shape index (κ1) is 18.9. The van der Waals surface area contributed by atoms with Gasteiger partial charge in [-0.3, -0.25) is 9.59 Å². The van der Waals surface area contributed by atoms with E-state index in [4.69, 9.17) is 4.74 Å². The van der Waals surface area contributed by atoms with Gasteiger partial charge in [-0.05, 0) is 23.4 Å². The number of thiophene rings is 1. The smallest absolute Gasteiger partial charge is 0.326 e. The number of esters is 1. The monoisotopic (exact) mass is 362 g/mol. The number of rotatable bonds is 8. The number of anilines is 1. The lowest BCUT2D eigenvalue weighted by Gasteiger charge is -2.21. The first-order chi connectivity index (χ1) is 12.0. The number of hydrogen-bond donors (Lipinski definition) is 1. The molecule has 0 aliphatic heterocycles. The van der Waals surface area contributed by atoms with Crippen molar-refractivity contribution < 1.29 is 14.3 Å². The van der Waals surface area contributed by atoms with Crippen LogP contribution in [0.5, 0.6) is 0 Å². The van der Waals surface area contributed by atoms with Crippen molar-refractivity contribution in [2.24, 2.45) is 5.92 Å². The molecule has 0 aromatic carbocycles. The number of likely N-dealkylation sites (N-methyl/N-ethyl adjacent to an activating group) is 1. The quantitative estimate of drug-likeness (QED) is 0.724. The van der Waals surface area contributed by atoms with Gasteiger partial charge in [0.2, 0.25) is 5.95 Å². The molecule has 1 atom stereocenters. The predicted molar refractivity (Wildman–Crippen MR) is 96.3 cm³/mol. The maximum atomic E-state index is 12.1. The van der Waals surface area contributed by atoms with Crippen molar-refractivity contribution >= 4 is 29.2 Å². The van der Waals surface area contributed by atoms with E-state index in [0.29, 0.717) is 5.95 Å². The van der Waals surface area contributed by atoms with E-state index >= 15 is 0 Å². The van der Waals surface area contributed by atoms with E-state index in [-0.39, 0.29) is 31.0 Å². The molecule has 7 nitrogen and oxygen atoms in total. The average Bonchev–Trinajstić information content (AvgIpc) is 3.12. The number of aromatic nitrogens is 2. The van der Waals surface area contributed by atoms with Gasteiger partial charge in [-0.25, -0.2) is 9.97 Å². The Kier molecular flexibility index (Phi) is 6.88. The summed E-state index contributed by atoms with van der Waals surface area (Å²) in [5.74, 6) is -0.178. The number of carbonyl (C=O) groups excluding carboxylic acids is 2. The number of carbonyl (C=O) groups is 2. The van der Waals surface area contributed by atoms with Gasteiger partial charge in [-0.1, -0.05) is 19.9 Å². The molecule has 1 N–H and O–H groups in total. The summed E-state index contributed by atoms with van der Waals surface area (Å²) in [6.07, 6.45) is 3.18. The van der Waals surface area contributed by atoms with Crippen LogP contribution in [0.15, 0.2) is 36.0 Å². The molecule has 0 bridgehead atoms. The van der Waals surface area contributed by atoms with Crippen molar-refractivity contribution in [1.29, 1.82) is 0 Å². The molecule has 1 amide bonds. The SMILES string of the molecule is CC(C)C(NC(=O)COC(=O)CN(C)c1ncccn1)c1cccs1. The highest BCUT2D eigenvalue weighted by Crippen LogP contribution is 2.25. The molecular formula is C17H22N4O3S. The maximum absolute atomic E-state index is 12.1. The molecule has 0 fully saturated rings. The molecule has 134 valence electrons. The maximum Gasteiger partial charge on any atom is 0.326 e. The Balaban J connectivity index is 1.80. The lowest BCUT2D eigenvalue weighted by molar-refractivity contribution is -0.147. The van der Waals surface area contributed by atoms with Crippen molar-refractivity contribution in [2.45, 2.75) is 19.9 Å². The molecule has 1 unspecified atom stereocenters. The summed E-state index contributed by atoms with van der Waals surface area (Å²) in [6.45, 7) is 3.73. The molecule has 2 heterocycles. The third kappa shape index (κ3) is 5.82. The molecule has 2 aromatic heterocycles. The Morgan fingerprint density at radius 3 is 2.60 bits per heavy atom. The van der Waals surface area contributed by atoms with Crippen LogP contribution in [0.3, 0.4) is 0 Å². The van der Waals surface area contributed by atoms with Gasteiger partial charge in [0.25, 0.3) is 5.91 Å². The van der Waals surface area contributed by atoms with Crippen LogP contribution in [0.25, 0.3) is 0 Å². The van der Waals surface area contributed by atoms with Crippen molar-refractivity contribution in [3.8, 4) is 0 Å². The van der Waals surface area contributed by atoms with Crippen molar-refractivity contribution in [1.82, 2.24) is 15.3 Å². The summed E-state index contributed by atoms with van der Waals surface area (Å²) in [5, 5.41) is 4.89. The highest BCUT2D eigenvalue weighted by atomic mass is 32.1. The van der Waals surface area contributed by atoms with E-state index in [1.165, 1.54) is 0 Å². The average molecular weight is 362 g/mol. The highest BCUT2D eigenvalue weighted by Gasteiger charge is 2.20. The zero-order valence-electron chi connectivity index (χ0n) is 14.5. The molecule has 2 aromatic rings. The largest absolute Gasteiger partial charge is 0.454 e. The minimum Gasteiger partial charge on any atom is -0.454 e. The van der Waals surface area contributed by atoms with Crippen LogP contribution in [0, 0.1) is 5.92 Å². The van der Waals surface area contributed by atoms with Crippen molar-refractivity contribution in [3.05, 3.63) is 40.8 Å². The normalized spacial score (nSPS) is 11.8. The van der Waals surface area contributed by atoms with Gasteiger partial charge in [0.15, 0.2) is 6.61 Å². The van der Waals surface area contributed by atoms with E-state index in [1.807, 2.05) is 31.4 Å². The summed E-state index contributed by atoms with van der Waals surface area (Å²) in [6, 6.07) is 5.53. The Morgan fingerprint density at radius 2 is 2.00 bits per heavy atom. The Labute approximate surface area is 151 Å². The standard InChI is InChI=1S/C17H22N4O3S/c1-12(2)16(13-6-4-9-25-13)20-14(22)11-24-15(23)10-21(3)17-18-7-5-8-19-17/h4-9,12,16H,10-11H2,1-3H3,(H,20,22). The second kappa shape index (κ2) is 9.12. The fourth-order valence-corrected chi connectivity index (χ4v) is 3.14. The third-order valence-electron chi connectivity index (χ3n) is 3.46. The van der Waals surface area contributed by atoms with E-state index in [0.717, 1.165) is 4.88 Å². The van der Waals surface area contributed by atoms with E-state index in [2.05, 4.69) is 15.3 Å². The molecule has 0 aliphatic rings. The molecule has 0 radical (unpaired) electrons. The van der Waals surface area contributed by atoms with Gasteiger partial charge < -0.3 is 15.0 Å². The minimum absolute atomic E-state index is 0.0319. The van der Waals surface area contributed by atoms with Crippen molar-refractivity contribution in [3.63, 3.8) is 0 Å². The van der Waals surface area contributed by atoms with Gasteiger partial charge in [0.05, 0.1) is 6.04 Å². The van der Waals surface area contributed by atoms with Crippen LogP contribution in [0.4, 0.5) is 5.95 Å². The molecular weight excluding hydrogens is 340 g/mol.